The van der Waals surface area contributed by atoms with E-state index in [9.17, 15) is 9.59 Å². The number of carbonyl (C=O) groups excluding carboxylic acids is 2. The summed E-state index contributed by atoms with van der Waals surface area (Å²) in [6, 6.07) is 15.8. The van der Waals surface area contributed by atoms with E-state index < -0.39 is 6.04 Å². The molecule has 6 heteroatoms. The van der Waals surface area contributed by atoms with Crippen LogP contribution in [0, 0.1) is 0 Å². The lowest BCUT2D eigenvalue weighted by atomic mass is 10.1. The number of rotatable bonds is 9. The Morgan fingerprint density at radius 2 is 1.71 bits per heavy atom. The van der Waals surface area contributed by atoms with Crippen LogP contribution in [0.5, 0.6) is 5.75 Å². The maximum absolute atomic E-state index is 13.0. The van der Waals surface area contributed by atoms with Crippen LogP contribution in [-0.4, -0.2) is 35.4 Å². The van der Waals surface area contributed by atoms with Gasteiger partial charge in [0.1, 0.15) is 11.8 Å². The van der Waals surface area contributed by atoms with Crippen molar-refractivity contribution >= 4 is 23.4 Å². The minimum Gasteiger partial charge on any atom is -0.484 e. The van der Waals surface area contributed by atoms with Gasteiger partial charge in [-0.05, 0) is 44.0 Å². The van der Waals surface area contributed by atoms with Gasteiger partial charge in [0, 0.05) is 17.6 Å². The summed E-state index contributed by atoms with van der Waals surface area (Å²) in [5.74, 6) is 0.153. The number of amides is 2. The van der Waals surface area contributed by atoms with Crippen molar-refractivity contribution < 1.29 is 14.3 Å². The van der Waals surface area contributed by atoms with Crippen LogP contribution in [0.1, 0.15) is 32.8 Å². The van der Waals surface area contributed by atoms with Gasteiger partial charge in [-0.3, -0.25) is 9.59 Å². The van der Waals surface area contributed by atoms with Gasteiger partial charge in [-0.25, -0.2) is 0 Å². The first kappa shape index (κ1) is 21.8. The molecule has 0 aliphatic heterocycles. The monoisotopic (exact) mass is 402 g/mol. The molecule has 0 fully saturated rings. The Hall–Kier alpha value is -2.53. The molecule has 0 bridgehead atoms. The van der Waals surface area contributed by atoms with E-state index in [1.807, 2.05) is 57.2 Å². The quantitative estimate of drug-likeness (QED) is 0.688. The van der Waals surface area contributed by atoms with Gasteiger partial charge in [0.15, 0.2) is 6.61 Å². The molecule has 150 valence electrons. The average Bonchev–Trinajstić information content (AvgIpc) is 2.67. The molecule has 1 atom stereocenters. The first-order chi connectivity index (χ1) is 13.4. The third-order valence-corrected chi connectivity index (χ3v) is 4.59. The Labute approximate surface area is 171 Å². The van der Waals surface area contributed by atoms with Gasteiger partial charge >= 0.3 is 0 Å². The highest BCUT2D eigenvalue weighted by Gasteiger charge is 2.29. The van der Waals surface area contributed by atoms with Gasteiger partial charge < -0.3 is 15.0 Å². The number of hydrogen-bond acceptors (Lipinski definition) is 3. The molecule has 1 unspecified atom stereocenters. The topological polar surface area (TPSA) is 58.6 Å². The van der Waals surface area contributed by atoms with Crippen molar-refractivity contribution in [1.82, 2.24) is 10.2 Å². The molecular formula is C22H27ClN2O3. The van der Waals surface area contributed by atoms with Crippen LogP contribution in [0.25, 0.3) is 0 Å². The molecule has 2 amide bonds. The number of ether oxygens (including phenoxy) is 1. The third-order valence-electron chi connectivity index (χ3n) is 4.22. The van der Waals surface area contributed by atoms with Crippen molar-refractivity contribution in [2.24, 2.45) is 0 Å². The van der Waals surface area contributed by atoms with Crippen molar-refractivity contribution in [3.05, 3.63) is 65.2 Å². The molecule has 0 heterocycles. The first-order valence-electron chi connectivity index (χ1n) is 9.43. The van der Waals surface area contributed by atoms with E-state index in [-0.39, 0.29) is 31.0 Å². The highest BCUT2D eigenvalue weighted by molar-refractivity contribution is 6.31. The normalized spacial score (nSPS) is 11.8. The predicted molar refractivity (Wildman–Crippen MR) is 111 cm³/mol. The predicted octanol–water partition coefficient (Wildman–Crippen LogP) is 4.05. The van der Waals surface area contributed by atoms with E-state index in [0.717, 1.165) is 5.56 Å². The van der Waals surface area contributed by atoms with E-state index in [0.29, 0.717) is 17.2 Å². The van der Waals surface area contributed by atoms with Gasteiger partial charge in [0.05, 0.1) is 0 Å². The van der Waals surface area contributed by atoms with E-state index in [1.165, 1.54) is 0 Å². The van der Waals surface area contributed by atoms with Gasteiger partial charge in [-0.15, -0.1) is 0 Å². The first-order valence-corrected chi connectivity index (χ1v) is 9.81. The second kappa shape index (κ2) is 10.7. The lowest BCUT2D eigenvalue weighted by molar-refractivity contribution is -0.143. The summed E-state index contributed by atoms with van der Waals surface area (Å²) in [5.41, 5.74) is 0.785. The Morgan fingerprint density at radius 3 is 2.32 bits per heavy atom. The number of nitrogens with one attached hydrogen (secondary N) is 1. The van der Waals surface area contributed by atoms with Crippen LogP contribution in [0.3, 0.4) is 0 Å². The van der Waals surface area contributed by atoms with Crippen LogP contribution in [0.15, 0.2) is 54.6 Å². The zero-order chi connectivity index (χ0) is 20.5. The zero-order valence-electron chi connectivity index (χ0n) is 16.5. The molecule has 1 N–H and O–H groups in total. The van der Waals surface area contributed by atoms with Crippen LogP contribution < -0.4 is 10.1 Å². The number of nitrogens with zero attached hydrogens (tertiary/aromatic N) is 1. The highest BCUT2D eigenvalue weighted by Crippen LogP contribution is 2.20. The number of para-hydroxylation sites is 1. The van der Waals surface area contributed by atoms with Crippen LogP contribution in [-0.2, 0) is 16.1 Å². The summed E-state index contributed by atoms with van der Waals surface area (Å²) in [6.45, 7) is 5.75. The fraction of sp³-hybridized carbons (Fsp3) is 0.364. The second-order valence-electron chi connectivity index (χ2n) is 6.80. The smallest absolute Gasteiger partial charge is 0.261 e. The molecule has 0 aromatic heterocycles. The molecule has 0 radical (unpaired) electrons. The van der Waals surface area contributed by atoms with Crippen LogP contribution in [0.2, 0.25) is 5.02 Å². The van der Waals surface area contributed by atoms with Crippen molar-refractivity contribution in [1.29, 1.82) is 0 Å². The Morgan fingerprint density at radius 1 is 1.07 bits per heavy atom. The standard InChI is InChI=1S/C22H27ClN2O3/c1-4-20(22(27)24-16(2)3)25(14-17-10-8-9-13-19(17)23)21(26)15-28-18-11-6-5-7-12-18/h5-13,16,20H,4,14-15H2,1-3H3,(H,24,27). The Kier molecular flexibility index (Phi) is 8.33. The summed E-state index contributed by atoms with van der Waals surface area (Å²) < 4.78 is 5.62. The maximum atomic E-state index is 13.0. The lowest BCUT2D eigenvalue weighted by Gasteiger charge is -2.31. The molecule has 5 nitrogen and oxygen atoms in total. The largest absolute Gasteiger partial charge is 0.484 e. The summed E-state index contributed by atoms with van der Waals surface area (Å²) in [4.78, 5) is 27.2. The Bertz CT molecular complexity index is 780. The summed E-state index contributed by atoms with van der Waals surface area (Å²) in [6.07, 6.45) is 0.486. The maximum Gasteiger partial charge on any atom is 0.261 e. The number of hydrogen-bond donors (Lipinski definition) is 1. The molecule has 28 heavy (non-hydrogen) atoms. The van der Waals surface area contributed by atoms with Gasteiger partial charge in [-0.2, -0.15) is 0 Å². The molecule has 0 saturated heterocycles. The van der Waals surface area contributed by atoms with Gasteiger partial charge in [0.2, 0.25) is 5.91 Å². The Balaban J connectivity index is 2.22. The molecular weight excluding hydrogens is 376 g/mol. The summed E-state index contributed by atoms with van der Waals surface area (Å²) >= 11 is 6.29. The van der Waals surface area contributed by atoms with Crippen molar-refractivity contribution in [2.45, 2.75) is 45.8 Å². The number of benzene rings is 2. The van der Waals surface area contributed by atoms with Crippen molar-refractivity contribution in [3.63, 3.8) is 0 Å². The average molecular weight is 403 g/mol. The van der Waals surface area contributed by atoms with E-state index in [1.54, 1.807) is 23.1 Å². The van der Waals surface area contributed by atoms with E-state index in [4.69, 9.17) is 16.3 Å². The van der Waals surface area contributed by atoms with Crippen LogP contribution in [0.4, 0.5) is 0 Å². The van der Waals surface area contributed by atoms with Crippen molar-refractivity contribution in [2.75, 3.05) is 6.61 Å². The third kappa shape index (κ3) is 6.27. The second-order valence-corrected chi connectivity index (χ2v) is 7.21. The molecule has 2 aromatic rings. The van der Waals surface area contributed by atoms with Crippen LogP contribution >= 0.6 is 11.6 Å². The summed E-state index contributed by atoms with van der Waals surface area (Å²) in [5, 5.41) is 3.46. The zero-order valence-corrected chi connectivity index (χ0v) is 17.3. The minimum atomic E-state index is -0.606. The molecule has 2 rings (SSSR count). The lowest BCUT2D eigenvalue weighted by Crippen LogP contribution is -2.51. The molecule has 0 aliphatic carbocycles. The SMILES string of the molecule is CCC(C(=O)NC(C)C)N(Cc1ccccc1Cl)C(=O)COc1ccccc1. The van der Waals surface area contributed by atoms with Crippen molar-refractivity contribution in [3.8, 4) is 5.75 Å². The van der Waals surface area contributed by atoms with E-state index >= 15 is 0 Å². The minimum absolute atomic E-state index is 0.0145. The molecule has 0 aliphatic rings. The van der Waals surface area contributed by atoms with Gasteiger partial charge in [0.25, 0.3) is 5.91 Å². The fourth-order valence-electron chi connectivity index (χ4n) is 2.86. The van der Waals surface area contributed by atoms with E-state index in [2.05, 4.69) is 5.32 Å². The molecule has 0 saturated carbocycles. The van der Waals surface area contributed by atoms with Gasteiger partial charge in [-0.1, -0.05) is 54.9 Å². The molecule has 0 spiro atoms. The number of carbonyl (C=O) groups is 2. The number of halogens is 1. The molecule has 2 aromatic carbocycles. The highest BCUT2D eigenvalue weighted by atomic mass is 35.5. The fourth-order valence-corrected chi connectivity index (χ4v) is 3.05. The summed E-state index contributed by atoms with van der Waals surface area (Å²) in [7, 11) is 0.